The fourth-order valence-corrected chi connectivity index (χ4v) is 6.11. The highest BCUT2D eigenvalue weighted by Crippen LogP contribution is 2.43. The number of hydrogen-bond acceptors (Lipinski definition) is 6. The van der Waals surface area contributed by atoms with Gasteiger partial charge in [0.05, 0.1) is 18.0 Å². The third-order valence-corrected chi connectivity index (χ3v) is 17.6. The second kappa shape index (κ2) is 9.54. The monoisotopic (exact) mass is 502 g/mol. The SMILES string of the molecule is Cc1cn([C@@H]2O[C@H](CO[Si](C)(C)C(C)(C)C)[C@@H](CO[Si](C)(C)C(C)(C)C)S2)c(=O)[nH]c1=O. The van der Waals surface area contributed by atoms with Crippen molar-refractivity contribution >= 4 is 28.4 Å². The van der Waals surface area contributed by atoms with Gasteiger partial charge in [-0.05, 0) is 43.2 Å². The van der Waals surface area contributed by atoms with Gasteiger partial charge in [-0.3, -0.25) is 14.3 Å². The Morgan fingerprint density at radius 2 is 1.50 bits per heavy atom. The molecule has 0 aliphatic carbocycles. The van der Waals surface area contributed by atoms with E-state index in [9.17, 15) is 9.59 Å². The van der Waals surface area contributed by atoms with E-state index < -0.39 is 27.9 Å². The number of rotatable bonds is 7. The van der Waals surface area contributed by atoms with Gasteiger partial charge in [-0.1, -0.05) is 53.3 Å². The molecular formula is C22H42N2O5SSi2. The largest absolute Gasteiger partial charge is 0.416 e. The van der Waals surface area contributed by atoms with Crippen LogP contribution in [0.15, 0.2) is 15.8 Å². The van der Waals surface area contributed by atoms with Crippen LogP contribution in [0.4, 0.5) is 0 Å². The Balaban J connectivity index is 2.26. The Morgan fingerprint density at radius 3 is 2.00 bits per heavy atom. The maximum absolute atomic E-state index is 12.5. The third-order valence-electron chi connectivity index (χ3n) is 7.20. The van der Waals surface area contributed by atoms with Crippen molar-refractivity contribution in [3.63, 3.8) is 0 Å². The van der Waals surface area contributed by atoms with E-state index in [1.54, 1.807) is 24.9 Å². The molecule has 2 heterocycles. The molecule has 1 aliphatic heterocycles. The van der Waals surface area contributed by atoms with Gasteiger partial charge in [0.1, 0.15) is 0 Å². The van der Waals surface area contributed by atoms with Crippen molar-refractivity contribution in [1.29, 1.82) is 0 Å². The highest BCUT2D eigenvalue weighted by molar-refractivity contribution is 8.00. The molecule has 1 aromatic heterocycles. The molecule has 0 radical (unpaired) electrons. The van der Waals surface area contributed by atoms with E-state index in [1.165, 1.54) is 4.57 Å². The van der Waals surface area contributed by atoms with E-state index in [1.807, 2.05) is 0 Å². The molecule has 184 valence electrons. The Morgan fingerprint density at radius 1 is 1.00 bits per heavy atom. The smallest absolute Gasteiger partial charge is 0.331 e. The fourth-order valence-electron chi connectivity index (χ4n) is 2.69. The maximum Gasteiger partial charge on any atom is 0.331 e. The number of thioether (sulfide) groups is 1. The van der Waals surface area contributed by atoms with Crippen LogP contribution in [-0.4, -0.2) is 50.8 Å². The van der Waals surface area contributed by atoms with Crippen LogP contribution in [0.25, 0.3) is 0 Å². The topological polar surface area (TPSA) is 82.6 Å². The van der Waals surface area contributed by atoms with Gasteiger partial charge in [0.2, 0.25) is 0 Å². The molecular weight excluding hydrogens is 460 g/mol. The van der Waals surface area contributed by atoms with E-state index in [0.717, 1.165) is 0 Å². The predicted octanol–water partition coefficient (Wildman–Crippen LogP) is 4.85. The maximum atomic E-state index is 12.5. The van der Waals surface area contributed by atoms with Crippen LogP contribution < -0.4 is 11.2 Å². The zero-order valence-corrected chi connectivity index (χ0v) is 24.4. The summed E-state index contributed by atoms with van der Waals surface area (Å²) < 4.78 is 20.8. The average Bonchev–Trinajstić information content (AvgIpc) is 3.02. The first-order chi connectivity index (χ1) is 14.4. The lowest BCUT2D eigenvalue weighted by molar-refractivity contribution is -0.0157. The van der Waals surface area contributed by atoms with Gasteiger partial charge in [-0.2, -0.15) is 0 Å². The number of aromatic amines is 1. The number of nitrogens with one attached hydrogen (secondary N) is 1. The Kier molecular flexibility index (Phi) is 8.22. The minimum Gasteiger partial charge on any atom is -0.416 e. The van der Waals surface area contributed by atoms with E-state index in [2.05, 4.69) is 72.7 Å². The highest BCUT2D eigenvalue weighted by Gasteiger charge is 2.44. The van der Waals surface area contributed by atoms with E-state index >= 15 is 0 Å². The van der Waals surface area contributed by atoms with E-state index in [0.29, 0.717) is 18.8 Å². The highest BCUT2D eigenvalue weighted by atomic mass is 32.2. The molecule has 10 heteroatoms. The fraction of sp³-hybridized carbons (Fsp3) is 0.818. The molecule has 1 N–H and O–H groups in total. The summed E-state index contributed by atoms with van der Waals surface area (Å²) in [5.74, 6) is 0. The lowest BCUT2D eigenvalue weighted by Gasteiger charge is -2.38. The van der Waals surface area contributed by atoms with Crippen molar-refractivity contribution in [3.05, 3.63) is 32.6 Å². The first-order valence-electron chi connectivity index (χ1n) is 11.3. The molecule has 1 fully saturated rings. The predicted molar refractivity (Wildman–Crippen MR) is 138 cm³/mol. The lowest BCUT2D eigenvalue weighted by atomic mass is 10.2. The van der Waals surface area contributed by atoms with Crippen molar-refractivity contribution in [2.24, 2.45) is 0 Å². The number of hydrogen-bond donors (Lipinski definition) is 1. The standard InChI is InChI=1S/C22H42N2O5SSi2/c1-15-12-24(19(26)23-18(15)25)20-29-16(13-27-31(8,9)21(2,3)4)17(30-20)14-28-32(10,11)22(5,6)7/h12,16-17,20H,13-14H2,1-11H3,(H,23,25,26)/t16-,17-,20-/m1/s1. The normalized spacial score (nSPS) is 23.0. The molecule has 1 aliphatic rings. The summed E-state index contributed by atoms with van der Waals surface area (Å²) in [5, 5.41) is 0.229. The second-order valence-electron chi connectivity index (χ2n) is 11.8. The molecule has 2 rings (SSSR count). The van der Waals surface area contributed by atoms with Gasteiger partial charge in [-0.25, -0.2) is 4.79 Å². The summed E-state index contributed by atoms with van der Waals surface area (Å²) in [6.45, 7) is 24.9. The number of ether oxygens (including phenoxy) is 1. The van der Waals surface area contributed by atoms with Crippen molar-refractivity contribution in [2.75, 3.05) is 13.2 Å². The van der Waals surface area contributed by atoms with Gasteiger partial charge >= 0.3 is 5.69 Å². The number of aryl methyl sites for hydroxylation is 1. The molecule has 1 saturated heterocycles. The van der Waals surface area contributed by atoms with Crippen LogP contribution in [0.2, 0.25) is 36.3 Å². The van der Waals surface area contributed by atoms with Crippen molar-refractivity contribution in [2.45, 2.75) is 102 Å². The molecule has 3 atom stereocenters. The summed E-state index contributed by atoms with van der Waals surface area (Å²) >= 11 is 1.56. The lowest BCUT2D eigenvalue weighted by Crippen LogP contribution is -2.46. The first-order valence-corrected chi connectivity index (χ1v) is 18.0. The first kappa shape index (κ1) is 27.6. The van der Waals surface area contributed by atoms with Crippen LogP contribution in [0.5, 0.6) is 0 Å². The van der Waals surface area contributed by atoms with Crippen LogP contribution in [0.3, 0.4) is 0 Å². The molecule has 0 unspecified atom stereocenters. The van der Waals surface area contributed by atoms with E-state index in [-0.39, 0.29) is 27.0 Å². The summed E-state index contributed by atoms with van der Waals surface area (Å²) in [5.41, 5.74) is -0.888. The summed E-state index contributed by atoms with van der Waals surface area (Å²) in [6.07, 6.45) is 1.37. The molecule has 1 aromatic rings. The van der Waals surface area contributed by atoms with Crippen molar-refractivity contribution in [3.8, 4) is 0 Å². The summed E-state index contributed by atoms with van der Waals surface area (Å²) in [7, 11) is -3.89. The van der Waals surface area contributed by atoms with Gasteiger partial charge in [0, 0.05) is 18.4 Å². The Hall–Kier alpha value is -0.656. The van der Waals surface area contributed by atoms with Crippen LogP contribution in [-0.2, 0) is 13.6 Å². The molecule has 0 aromatic carbocycles. The Bertz CT molecular complexity index is 877. The quantitative estimate of drug-likeness (QED) is 0.537. The van der Waals surface area contributed by atoms with Gasteiger partial charge in [0.15, 0.2) is 22.2 Å². The van der Waals surface area contributed by atoms with Crippen LogP contribution >= 0.6 is 11.8 Å². The molecule has 0 saturated carbocycles. The molecule has 0 amide bonds. The Labute approximate surface area is 198 Å². The second-order valence-corrected chi connectivity index (χ2v) is 22.7. The number of aromatic nitrogens is 2. The summed E-state index contributed by atoms with van der Waals surface area (Å²) in [4.78, 5) is 26.6. The van der Waals surface area contributed by atoms with E-state index in [4.69, 9.17) is 13.6 Å². The molecule has 32 heavy (non-hydrogen) atoms. The molecule has 7 nitrogen and oxygen atoms in total. The van der Waals surface area contributed by atoms with Gasteiger partial charge in [0.25, 0.3) is 5.56 Å². The minimum atomic E-state index is -1.96. The third kappa shape index (κ3) is 6.26. The molecule has 0 spiro atoms. The summed E-state index contributed by atoms with van der Waals surface area (Å²) in [6, 6.07) is 0. The number of nitrogens with zero attached hydrogens (tertiary/aromatic N) is 1. The van der Waals surface area contributed by atoms with Crippen molar-refractivity contribution in [1.82, 2.24) is 9.55 Å². The van der Waals surface area contributed by atoms with Gasteiger partial charge < -0.3 is 13.6 Å². The molecule has 0 bridgehead atoms. The van der Waals surface area contributed by atoms with Gasteiger partial charge in [-0.15, -0.1) is 0 Å². The average molecular weight is 503 g/mol. The van der Waals surface area contributed by atoms with Crippen LogP contribution in [0, 0.1) is 6.92 Å². The zero-order valence-electron chi connectivity index (χ0n) is 21.6. The number of H-pyrrole nitrogens is 1. The van der Waals surface area contributed by atoms with Crippen molar-refractivity contribution < 1.29 is 13.6 Å². The minimum absolute atomic E-state index is 0.0260. The van der Waals surface area contributed by atoms with Crippen LogP contribution in [0.1, 0.15) is 52.7 Å². The zero-order chi connectivity index (χ0) is 24.7.